The molecule has 1 aromatic carbocycles. The first-order valence-corrected chi connectivity index (χ1v) is 9.42. The van der Waals surface area contributed by atoms with E-state index in [4.69, 9.17) is 9.40 Å². The maximum Gasteiger partial charge on any atom is 0.236 e. The minimum absolute atomic E-state index is 0.753. The molecule has 0 spiro atoms. The van der Waals surface area contributed by atoms with E-state index in [1.165, 1.54) is 18.4 Å². The Bertz CT molecular complexity index is 775. The van der Waals surface area contributed by atoms with Crippen molar-refractivity contribution >= 4 is 11.3 Å². The lowest BCUT2D eigenvalue weighted by atomic mass is 10.2. The van der Waals surface area contributed by atoms with Crippen molar-refractivity contribution in [1.29, 1.82) is 0 Å². The molecule has 1 saturated carbocycles. The number of thiophene rings is 1. The van der Waals surface area contributed by atoms with Gasteiger partial charge in [0.15, 0.2) is 0 Å². The second-order valence-corrected chi connectivity index (χ2v) is 7.55. The standard InChI is InChI=1S/C20H22N2OS/c1-15-18(21-20(23-15)19-8-5-11-24-19)14-22(13-17-9-10-17)12-16-6-3-2-4-7-16/h2-8,11,17H,9-10,12-14H2,1H3. The number of rotatable bonds is 7. The molecule has 0 amide bonds. The van der Waals surface area contributed by atoms with Crippen LogP contribution in [0.25, 0.3) is 10.8 Å². The molecule has 0 radical (unpaired) electrons. The topological polar surface area (TPSA) is 29.3 Å². The van der Waals surface area contributed by atoms with E-state index >= 15 is 0 Å². The Morgan fingerprint density at radius 3 is 2.67 bits per heavy atom. The van der Waals surface area contributed by atoms with Crippen LogP contribution in [0.2, 0.25) is 0 Å². The summed E-state index contributed by atoms with van der Waals surface area (Å²) in [6.07, 6.45) is 2.73. The summed E-state index contributed by atoms with van der Waals surface area (Å²) >= 11 is 1.67. The van der Waals surface area contributed by atoms with Crippen molar-refractivity contribution in [3.05, 3.63) is 64.9 Å². The normalized spacial score (nSPS) is 14.4. The summed E-state index contributed by atoms with van der Waals surface area (Å²) in [6, 6.07) is 14.8. The highest BCUT2D eigenvalue weighted by Gasteiger charge is 2.25. The smallest absolute Gasteiger partial charge is 0.236 e. The molecule has 0 aliphatic heterocycles. The van der Waals surface area contributed by atoms with Crippen molar-refractivity contribution in [3.8, 4) is 10.8 Å². The van der Waals surface area contributed by atoms with E-state index in [1.807, 2.05) is 13.0 Å². The van der Waals surface area contributed by atoms with E-state index in [0.29, 0.717) is 0 Å². The molecule has 4 rings (SSSR count). The van der Waals surface area contributed by atoms with Crippen LogP contribution in [0, 0.1) is 12.8 Å². The molecule has 0 unspecified atom stereocenters. The molecule has 1 aliphatic carbocycles. The molecule has 1 fully saturated rings. The lowest BCUT2D eigenvalue weighted by Gasteiger charge is -2.21. The Balaban J connectivity index is 1.51. The lowest BCUT2D eigenvalue weighted by molar-refractivity contribution is 0.242. The van der Waals surface area contributed by atoms with Crippen molar-refractivity contribution < 1.29 is 4.42 Å². The molecule has 2 aromatic heterocycles. The van der Waals surface area contributed by atoms with Gasteiger partial charge in [0.25, 0.3) is 0 Å². The first-order chi connectivity index (χ1) is 11.8. The minimum atomic E-state index is 0.753. The predicted octanol–water partition coefficient (Wildman–Crippen LogP) is 5.12. The average molecular weight is 338 g/mol. The van der Waals surface area contributed by atoms with Gasteiger partial charge in [0, 0.05) is 19.6 Å². The summed E-state index contributed by atoms with van der Waals surface area (Å²) in [5, 5.41) is 2.06. The highest BCUT2D eigenvalue weighted by atomic mass is 32.1. The number of aryl methyl sites for hydroxylation is 1. The summed E-state index contributed by atoms with van der Waals surface area (Å²) in [5.74, 6) is 2.55. The lowest BCUT2D eigenvalue weighted by Crippen LogP contribution is -2.25. The van der Waals surface area contributed by atoms with Gasteiger partial charge >= 0.3 is 0 Å². The van der Waals surface area contributed by atoms with E-state index < -0.39 is 0 Å². The van der Waals surface area contributed by atoms with Crippen LogP contribution in [0.15, 0.2) is 52.3 Å². The largest absolute Gasteiger partial charge is 0.440 e. The van der Waals surface area contributed by atoms with Gasteiger partial charge in [-0.15, -0.1) is 11.3 Å². The van der Waals surface area contributed by atoms with Crippen LogP contribution in [0.4, 0.5) is 0 Å². The van der Waals surface area contributed by atoms with E-state index in [-0.39, 0.29) is 0 Å². The molecule has 0 saturated heterocycles. The monoisotopic (exact) mass is 338 g/mol. The van der Waals surface area contributed by atoms with Gasteiger partial charge in [-0.3, -0.25) is 4.90 Å². The van der Waals surface area contributed by atoms with Gasteiger partial charge in [0.1, 0.15) is 5.76 Å². The summed E-state index contributed by atoms with van der Waals surface area (Å²) in [7, 11) is 0. The average Bonchev–Trinajstić information content (AvgIpc) is 3.09. The fraction of sp³-hybridized carbons (Fsp3) is 0.350. The second kappa shape index (κ2) is 6.91. The Kier molecular flexibility index (Phi) is 4.50. The van der Waals surface area contributed by atoms with Gasteiger partial charge in [0.2, 0.25) is 5.89 Å². The van der Waals surface area contributed by atoms with Gasteiger partial charge in [-0.05, 0) is 42.7 Å². The number of oxazole rings is 1. The summed E-state index contributed by atoms with van der Waals surface area (Å²) in [4.78, 5) is 8.37. The van der Waals surface area contributed by atoms with Gasteiger partial charge in [0.05, 0.1) is 10.6 Å². The highest BCUT2D eigenvalue weighted by Crippen LogP contribution is 2.31. The van der Waals surface area contributed by atoms with Crippen molar-refractivity contribution in [2.75, 3.05) is 6.54 Å². The Morgan fingerprint density at radius 2 is 1.96 bits per heavy atom. The molecule has 0 bridgehead atoms. The highest BCUT2D eigenvalue weighted by molar-refractivity contribution is 7.13. The molecule has 0 N–H and O–H groups in total. The fourth-order valence-corrected chi connectivity index (χ4v) is 3.63. The second-order valence-electron chi connectivity index (χ2n) is 6.60. The van der Waals surface area contributed by atoms with Crippen LogP contribution in [0.1, 0.15) is 29.9 Å². The zero-order valence-electron chi connectivity index (χ0n) is 13.9. The number of nitrogens with zero attached hydrogens (tertiary/aromatic N) is 2. The minimum Gasteiger partial charge on any atom is -0.440 e. The molecule has 2 heterocycles. The van der Waals surface area contributed by atoms with E-state index in [0.717, 1.165) is 47.8 Å². The van der Waals surface area contributed by atoms with Crippen LogP contribution >= 0.6 is 11.3 Å². The van der Waals surface area contributed by atoms with Crippen LogP contribution in [0.5, 0.6) is 0 Å². The third-order valence-corrected chi connectivity index (χ3v) is 5.32. The van der Waals surface area contributed by atoms with E-state index in [9.17, 15) is 0 Å². The molecular formula is C20H22N2OS. The molecule has 24 heavy (non-hydrogen) atoms. The molecule has 0 atom stereocenters. The van der Waals surface area contributed by atoms with E-state index in [2.05, 4.69) is 46.7 Å². The van der Waals surface area contributed by atoms with Crippen LogP contribution in [-0.2, 0) is 13.1 Å². The number of hydrogen-bond donors (Lipinski definition) is 0. The molecular weight excluding hydrogens is 316 g/mol. The van der Waals surface area contributed by atoms with Crippen molar-refractivity contribution in [2.24, 2.45) is 5.92 Å². The maximum atomic E-state index is 5.90. The van der Waals surface area contributed by atoms with Crippen molar-refractivity contribution in [2.45, 2.75) is 32.9 Å². The Hall–Kier alpha value is -1.91. The maximum absolute atomic E-state index is 5.90. The number of benzene rings is 1. The first kappa shape index (κ1) is 15.6. The summed E-state index contributed by atoms with van der Waals surface area (Å²) in [5.41, 5.74) is 2.42. The zero-order chi connectivity index (χ0) is 16.4. The predicted molar refractivity (Wildman–Crippen MR) is 97.8 cm³/mol. The Labute approximate surface area is 147 Å². The van der Waals surface area contributed by atoms with Crippen molar-refractivity contribution in [3.63, 3.8) is 0 Å². The Morgan fingerprint density at radius 1 is 1.12 bits per heavy atom. The molecule has 3 nitrogen and oxygen atoms in total. The van der Waals surface area contributed by atoms with Crippen LogP contribution in [-0.4, -0.2) is 16.4 Å². The van der Waals surface area contributed by atoms with Gasteiger partial charge < -0.3 is 4.42 Å². The molecule has 4 heteroatoms. The number of hydrogen-bond acceptors (Lipinski definition) is 4. The third-order valence-electron chi connectivity index (χ3n) is 4.46. The zero-order valence-corrected chi connectivity index (χ0v) is 14.8. The number of aromatic nitrogens is 1. The van der Waals surface area contributed by atoms with Crippen molar-refractivity contribution in [1.82, 2.24) is 9.88 Å². The quantitative estimate of drug-likeness (QED) is 0.598. The molecule has 3 aromatic rings. The first-order valence-electron chi connectivity index (χ1n) is 8.54. The molecule has 1 aliphatic rings. The van der Waals surface area contributed by atoms with Crippen LogP contribution < -0.4 is 0 Å². The SMILES string of the molecule is Cc1oc(-c2cccs2)nc1CN(Cc1ccccc1)CC1CC1. The van der Waals surface area contributed by atoms with Gasteiger partial charge in [-0.25, -0.2) is 4.98 Å². The van der Waals surface area contributed by atoms with Crippen LogP contribution in [0.3, 0.4) is 0 Å². The third kappa shape index (κ3) is 3.77. The fourth-order valence-electron chi connectivity index (χ4n) is 2.98. The summed E-state index contributed by atoms with van der Waals surface area (Å²) in [6.45, 7) is 5.00. The van der Waals surface area contributed by atoms with Gasteiger partial charge in [-0.2, -0.15) is 0 Å². The summed E-state index contributed by atoms with van der Waals surface area (Å²) < 4.78 is 5.90. The molecule has 124 valence electrons. The van der Waals surface area contributed by atoms with E-state index in [1.54, 1.807) is 11.3 Å². The van der Waals surface area contributed by atoms with Gasteiger partial charge in [-0.1, -0.05) is 36.4 Å².